The fourth-order valence-corrected chi connectivity index (χ4v) is 0.748. The van der Waals surface area contributed by atoms with Crippen molar-refractivity contribution in [2.45, 2.75) is 32.0 Å². The molecule has 9 heavy (non-hydrogen) atoms. The number of ether oxygens (including phenoxy) is 1. The molecular weight excluding hydrogens is 114 g/mol. The van der Waals surface area contributed by atoms with Gasteiger partial charge < -0.3 is 4.74 Å². The van der Waals surface area contributed by atoms with Crippen LogP contribution in [0.4, 0.5) is 0 Å². The van der Waals surface area contributed by atoms with Gasteiger partial charge in [-0.25, -0.2) is 0 Å². The summed E-state index contributed by atoms with van der Waals surface area (Å²) in [4.78, 5) is 0. The normalized spacial score (nSPS) is 29.3. The monoisotopic (exact) mass is 128 g/mol. The van der Waals surface area contributed by atoms with Gasteiger partial charge in [0, 0.05) is 12.5 Å². The van der Waals surface area contributed by atoms with Crippen LogP contribution in [0.25, 0.3) is 0 Å². The highest BCUT2D eigenvalue weighted by Gasteiger charge is 2.18. The van der Waals surface area contributed by atoms with Gasteiger partial charge in [-0.1, -0.05) is 6.92 Å². The van der Waals surface area contributed by atoms with Gasteiger partial charge in [-0.15, -0.1) is 0 Å². The standard InChI is InChI=1S/C7H14NO/c1-3-6(2)8-7-4-5-9-7/h6-8H,2-5H2,1H3. The molecule has 1 saturated heterocycles. The molecule has 0 aromatic rings. The van der Waals surface area contributed by atoms with E-state index in [4.69, 9.17) is 4.74 Å². The molecule has 1 rings (SSSR count). The molecule has 2 unspecified atom stereocenters. The van der Waals surface area contributed by atoms with Crippen LogP contribution in [-0.2, 0) is 4.74 Å². The SMILES string of the molecule is [CH2]C(CC)NC1CCO1. The minimum Gasteiger partial charge on any atom is -0.363 e. The molecule has 2 heteroatoms. The summed E-state index contributed by atoms with van der Waals surface area (Å²) < 4.78 is 5.15. The molecule has 0 saturated carbocycles. The van der Waals surface area contributed by atoms with Gasteiger partial charge in [-0.2, -0.15) is 0 Å². The molecule has 1 aliphatic heterocycles. The van der Waals surface area contributed by atoms with Crippen molar-refractivity contribution in [3.8, 4) is 0 Å². The Kier molecular flexibility index (Phi) is 2.49. The lowest BCUT2D eigenvalue weighted by atomic mass is 10.2. The lowest BCUT2D eigenvalue weighted by Crippen LogP contribution is -2.45. The van der Waals surface area contributed by atoms with Crippen LogP contribution in [-0.4, -0.2) is 18.9 Å². The van der Waals surface area contributed by atoms with Crippen LogP contribution >= 0.6 is 0 Å². The highest BCUT2D eigenvalue weighted by Crippen LogP contribution is 2.08. The Morgan fingerprint density at radius 1 is 1.89 bits per heavy atom. The second-order valence-corrected chi connectivity index (χ2v) is 2.42. The molecule has 2 nitrogen and oxygen atoms in total. The Labute approximate surface area is 56.6 Å². The quantitative estimate of drug-likeness (QED) is 0.610. The zero-order valence-corrected chi connectivity index (χ0v) is 5.89. The second kappa shape index (κ2) is 3.18. The van der Waals surface area contributed by atoms with Crippen molar-refractivity contribution in [2.24, 2.45) is 0 Å². The van der Waals surface area contributed by atoms with Crippen LogP contribution in [0.2, 0.25) is 0 Å². The average Bonchev–Trinajstić information content (AvgIpc) is 1.78. The van der Waals surface area contributed by atoms with Gasteiger partial charge in [0.05, 0.1) is 6.61 Å². The lowest BCUT2D eigenvalue weighted by Gasteiger charge is -2.29. The van der Waals surface area contributed by atoms with E-state index in [0.717, 1.165) is 19.4 Å². The van der Waals surface area contributed by atoms with Crippen molar-refractivity contribution in [1.82, 2.24) is 5.32 Å². The smallest absolute Gasteiger partial charge is 0.110 e. The molecule has 1 aliphatic rings. The fourth-order valence-electron chi connectivity index (χ4n) is 0.748. The maximum absolute atomic E-state index is 5.15. The zero-order chi connectivity index (χ0) is 6.69. The summed E-state index contributed by atoms with van der Waals surface area (Å²) in [5.41, 5.74) is 0. The number of rotatable bonds is 3. The Hall–Kier alpha value is -0.0800. The van der Waals surface area contributed by atoms with Crippen LogP contribution in [0.1, 0.15) is 19.8 Å². The number of hydrogen-bond donors (Lipinski definition) is 1. The highest BCUT2D eigenvalue weighted by atomic mass is 16.5. The maximum atomic E-state index is 5.15. The van der Waals surface area contributed by atoms with Crippen LogP contribution in [0.3, 0.4) is 0 Å². The van der Waals surface area contributed by atoms with Crippen molar-refractivity contribution in [1.29, 1.82) is 0 Å². The maximum Gasteiger partial charge on any atom is 0.110 e. The van der Waals surface area contributed by atoms with E-state index < -0.39 is 0 Å². The molecule has 53 valence electrons. The van der Waals surface area contributed by atoms with Gasteiger partial charge in [0.25, 0.3) is 0 Å². The van der Waals surface area contributed by atoms with E-state index in [1.54, 1.807) is 0 Å². The first-order valence-electron chi connectivity index (χ1n) is 3.53. The summed E-state index contributed by atoms with van der Waals surface area (Å²) in [7, 11) is 0. The molecule has 0 bridgehead atoms. The predicted octanol–water partition coefficient (Wildman–Crippen LogP) is 0.935. The first-order valence-corrected chi connectivity index (χ1v) is 3.53. The van der Waals surface area contributed by atoms with E-state index in [2.05, 4.69) is 19.2 Å². The molecular formula is C7H14NO. The summed E-state index contributed by atoms with van der Waals surface area (Å²) in [6.45, 7) is 6.91. The highest BCUT2D eigenvalue weighted by molar-refractivity contribution is 4.72. The van der Waals surface area contributed by atoms with Crippen molar-refractivity contribution < 1.29 is 4.74 Å². The van der Waals surface area contributed by atoms with E-state index in [1.807, 2.05) is 0 Å². The van der Waals surface area contributed by atoms with E-state index >= 15 is 0 Å². The van der Waals surface area contributed by atoms with Gasteiger partial charge in [-0.05, 0) is 13.3 Å². The predicted molar refractivity (Wildman–Crippen MR) is 36.9 cm³/mol. The minimum absolute atomic E-state index is 0.299. The summed E-state index contributed by atoms with van der Waals surface area (Å²) >= 11 is 0. The van der Waals surface area contributed by atoms with Gasteiger partial charge in [0.15, 0.2) is 0 Å². The Bertz CT molecular complexity index is 78.2. The molecule has 1 N–H and O–H groups in total. The Morgan fingerprint density at radius 2 is 2.56 bits per heavy atom. The average molecular weight is 128 g/mol. The van der Waals surface area contributed by atoms with Gasteiger partial charge in [0.2, 0.25) is 0 Å². The van der Waals surface area contributed by atoms with Crippen LogP contribution < -0.4 is 5.32 Å². The first-order chi connectivity index (χ1) is 4.33. The topological polar surface area (TPSA) is 21.3 Å². The summed E-state index contributed by atoms with van der Waals surface area (Å²) in [5, 5.41) is 3.23. The molecule has 1 radical (unpaired) electrons. The van der Waals surface area contributed by atoms with Crippen LogP contribution in [0.5, 0.6) is 0 Å². The second-order valence-electron chi connectivity index (χ2n) is 2.42. The third-order valence-corrected chi connectivity index (χ3v) is 1.61. The molecule has 0 aliphatic carbocycles. The van der Waals surface area contributed by atoms with Gasteiger partial charge >= 0.3 is 0 Å². The van der Waals surface area contributed by atoms with Crippen molar-refractivity contribution in [2.75, 3.05) is 6.61 Å². The Morgan fingerprint density at radius 3 is 2.89 bits per heavy atom. The third kappa shape index (κ3) is 1.95. The van der Waals surface area contributed by atoms with E-state index in [9.17, 15) is 0 Å². The molecule has 0 aromatic carbocycles. The number of hydrogen-bond acceptors (Lipinski definition) is 2. The third-order valence-electron chi connectivity index (χ3n) is 1.61. The van der Waals surface area contributed by atoms with Crippen molar-refractivity contribution >= 4 is 0 Å². The van der Waals surface area contributed by atoms with Crippen LogP contribution in [0.15, 0.2) is 0 Å². The van der Waals surface area contributed by atoms with E-state index in [-0.39, 0.29) is 0 Å². The largest absolute Gasteiger partial charge is 0.363 e. The Balaban J connectivity index is 2.01. The molecule has 2 atom stereocenters. The first kappa shape index (κ1) is 7.03. The summed E-state index contributed by atoms with van der Waals surface area (Å²) in [6.07, 6.45) is 2.51. The van der Waals surface area contributed by atoms with E-state index in [1.165, 1.54) is 0 Å². The number of nitrogens with one attached hydrogen (secondary N) is 1. The molecule has 1 heterocycles. The minimum atomic E-state index is 0.299. The van der Waals surface area contributed by atoms with E-state index in [0.29, 0.717) is 12.3 Å². The summed E-state index contributed by atoms with van der Waals surface area (Å²) in [5.74, 6) is 0. The molecule has 1 fully saturated rings. The van der Waals surface area contributed by atoms with Crippen molar-refractivity contribution in [3.05, 3.63) is 6.92 Å². The van der Waals surface area contributed by atoms with Crippen LogP contribution in [0, 0.1) is 6.92 Å². The zero-order valence-electron chi connectivity index (χ0n) is 5.89. The molecule has 0 spiro atoms. The lowest BCUT2D eigenvalue weighted by molar-refractivity contribution is -0.0744. The van der Waals surface area contributed by atoms with Gasteiger partial charge in [-0.3, -0.25) is 5.32 Å². The molecule has 0 aromatic heterocycles. The van der Waals surface area contributed by atoms with Gasteiger partial charge in [0.1, 0.15) is 6.23 Å². The fraction of sp³-hybridized carbons (Fsp3) is 0.857. The van der Waals surface area contributed by atoms with Crippen molar-refractivity contribution in [3.63, 3.8) is 0 Å². The molecule has 0 amide bonds. The summed E-state index contributed by atoms with van der Waals surface area (Å²) in [6, 6.07) is 0.357.